The molecule has 0 radical (unpaired) electrons. The summed E-state index contributed by atoms with van der Waals surface area (Å²) in [4.78, 5) is 15.9. The lowest BCUT2D eigenvalue weighted by Crippen LogP contribution is -2.16. The molecule has 88 valence electrons. The van der Waals surface area contributed by atoms with E-state index in [1.54, 1.807) is 36.8 Å². The van der Waals surface area contributed by atoms with Gasteiger partial charge in [0.05, 0.1) is 5.69 Å². The summed E-state index contributed by atoms with van der Waals surface area (Å²) in [6, 6.07) is 5.14. The Bertz CT molecular complexity index is 519. The van der Waals surface area contributed by atoms with Crippen molar-refractivity contribution in [1.82, 2.24) is 9.55 Å². The van der Waals surface area contributed by atoms with Gasteiger partial charge in [0.25, 0.3) is 5.91 Å². The summed E-state index contributed by atoms with van der Waals surface area (Å²) in [6.45, 7) is 2.67. The first-order valence-electron chi connectivity index (χ1n) is 5.37. The van der Waals surface area contributed by atoms with E-state index in [-0.39, 0.29) is 5.91 Å². The Kier molecular flexibility index (Phi) is 3.09. The quantitative estimate of drug-likeness (QED) is 0.843. The number of pyridine rings is 1. The van der Waals surface area contributed by atoms with Crippen LogP contribution >= 0.6 is 0 Å². The van der Waals surface area contributed by atoms with Gasteiger partial charge in [0.2, 0.25) is 0 Å². The highest BCUT2D eigenvalue weighted by atomic mass is 16.1. The monoisotopic (exact) mass is 230 g/mol. The molecule has 0 unspecified atom stereocenters. The standard InChI is InChI=1S/C12H14N4O/c1-2-16-8-9(13)7-11(16)12(17)15-10-3-5-14-6-4-10/h3-8H,2,13H2,1H3,(H,14,15,17). The number of carbonyl (C=O) groups is 1. The summed E-state index contributed by atoms with van der Waals surface area (Å²) in [5, 5.41) is 2.79. The van der Waals surface area contributed by atoms with Gasteiger partial charge in [-0.15, -0.1) is 0 Å². The summed E-state index contributed by atoms with van der Waals surface area (Å²) in [5.41, 5.74) is 7.54. The minimum Gasteiger partial charge on any atom is -0.397 e. The molecule has 0 saturated carbocycles. The number of aryl methyl sites for hydroxylation is 1. The Balaban J connectivity index is 2.20. The van der Waals surface area contributed by atoms with Crippen molar-refractivity contribution in [2.75, 3.05) is 11.1 Å². The zero-order chi connectivity index (χ0) is 12.3. The van der Waals surface area contributed by atoms with E-state index in [1.807, 2.05) is 11.5 Å². The average Bonchev–Trinajstić information content (AvgIpc) is 2.72. The first kappa shape index (κ1) is 11.2. The Hall–Kier alpha value is -2.30. The van der Waals surface area contributed by atoms with Gasteiger partial charge in [0, 0.05) is 30.8 Å². The molecule has 17 heavy (non-hydrogen) atoms. The molecule has 0 saturated heterocycles. The van der Waals surface area contributed by atoms with Gasteiger partial charge in [-0.1, -0.05) is 0 Å². The number of carbonyl (C=O) groups excluding carboxylic acids is 1. The van der Waals surface area contributed by atoms with Crippen LogP contribution in [0.5, 0.6) is 0 Å². The minimum atomic E-state index is -0.172. The molecular formula is C12H14N4O. The molecule has 2 aromatic rings. The molecule has 5 nitrogen and oxygen atoms in total. The summed E-state index contributed by atoms with van der Waals surface area (Å²) in [5.74, 6) is -0.172. The number of hydrogen-bond acceptors (Lipinski definition) is 3. The Morgan fingerprint density at radius 2 is 2.18 bits per heavy atom. The molecular weight excluding hydrogens is 216 g/mol. The Morgan fingerprint density at radius 1 is 1.47 bits per heavy atom. The normalized spacial score (nSPS) is 10.2. The van der Waals surface area contributed by atoms with E-state index in [2.05, 4.69) is 10.3 Å². The lowest BCUT2D eigenvalue weighted by molar-refractivity contribution is 0.101. The average molecular weight is 230 g/mol. The van der Waals surface area contributed by atoms with Crippen LogP contribution in [0.15, 0.2) is 36.8 Å². The molecule has 0 fully saturated rings. The molecule has 0 atom stereocenters. The van der Waals surface area contributed by atoms with Crippen LogP contribution in [0.4, 0.5) is 11.4 Å². The van der Waals surface area contributed by atoms with E-state index >= 15 is 0 Å². The highest BCUT2D eigenvalue weighted by Crippen LogP contribution is 2.13. The number of amides is 1. The van der Waals surface area contributed by atoms with Crippen molar-refractivity contribution < 1.29 is 4.79 Å². The van der Waals surface area contributed by atoms with Gasteiger partial charge < -0.3 is 15.6 Å². The summed E-state index contributed by atoms with van der Waals surface area (Å²) >= 11 is 0. The molecule has 0 aliphatic rings. The molecule has 2 rings (SSSR count). The van der Waals surface area contributed by atoms with E-state index in [0.717, 1.165) is 0 Å². The molecule has 2 aromatic heterocycles. The molecule has 1 amide bonds. The zero-order valence-electron chi connectivity index (χ0n) is 9.55. The summed E-state index contributed by atoms with van der Waals surface area (Å²) < 4.78 is 1.81. The number of anilines is 2. The molecule has 0 spiro atoms. The highest BCUT2D eigenvalue weighted by molar-refractivity contribution is 6.03. The number of aromatic nitrogens is 2. The van der Waals surface area contributed by atoms with Crippen LogP contribution in [0.25, 0.3) is 0 Å². The summed E-state index contributed by atoms with van der Waals surface area (Å²) in [6.07, 6.45) is 5.01. The van der Waals surface area contributed by atoms with E-state index in [0.29, 0.717) is 23.6 Å². The molecule has 2 heterocycles. The van der Waals surface area contributed by atoms with Gasteiger partial charge in [-0.3, -0.25) is 9.78 Å². The van der Waals surface area contributed by atoms with Gasteiger partial charge in [0.1, 0.15) is 5.69 Å². The number of nitrogens with two attached hydrogens (primary N) is 1. The first-order valence-corrected chi connectivity index (χ1v) is 5.37. The van der Waals surface area contributed by atoms with Crippen LogP contribution < -0.4 is 11.1 Å². The lowest BCUT2D eigenvalue weighted by atomic mass is 10.3. The minimum absolute atomic E-state index is 0.172. The third-order valence-corrected chi connectivity index (χ3v) is 2.43. The number of nitrogens with zero attached hydrogens (tertiary/aromatic N) is 2. The van der Waals surface area contributed by atoms with E-state index in [1.165, 1.54) is 0 Å². The Morgan fingerprint density at radius 3 is 2.82 bits per heavy atom. The molecule has 0 aliphatic heterocycles. The molecule has 0 aromatic carbocycles. The highest BCUT2D eigenvalue weighted by Gasteiger charge is 2.11. The maximum absolute atomic E-state index is 12.0. The van der Waals surface area contributed by atoms with Crippen molar-refractivity contribution in [1.29, 1.82) is 0 Å². The van der Waals surface area contributed by atoms with Crippen molar-refractivity contribution >= 4 is 17.3 Å². The number of rotatable bonds is 3. The fourth-order valence-electron chi connectivity index (χ4n) is 1.62. The van der Waals surface area contributed by atoms with Crippen molar-refractivity contribution in [2.24, 2.45) is 0 Å². The SMILES string of the molecule is CCn1cc(N)cc1C(=O)Nc1ccncc1. The smallest absolute Gasteiger partial charge is 0.272 e. The van der Waals surface area contributed by atoms with Crippen molar-refractivity contribution in [3.8, 4) is 0 Å². The van der Waals surface area contributed by atoms with E-state index in [9.17, 15) is 4.79 Å². The van der Waals surface area contributed by atoms with Gasteiger partial charge in [-0.05, 0) is 25.1 Å². The van der Waals surface area contributed by atoms with Crippen LogP contribution in [0.3, 0.4) is 0 Å². The molecule has 0 aliphatic carbocycles. The van der Waals surface area contributed by atoms with Gasteiger partial charge in [-0.25, -0.2) is 0 Å². The third kappa shape index (κ3) is 2.44. The maximum Gasteiger partial charge on any atom is 0.272 e. The molecule has 5 heteroatoms. The largest absolute Gasteiger partial charge is 0.397 e. The van der Waals surface area contributed by atoms with E-state index < -0.39 is 0 Å². The zero-order valence-corrected chi connectivity index (χ0v) is 9.55. The Labute approximate surface area is 99.3 Å². The van der Waals surface area contributed by atoms with Crippen molar-refractivity contribution in [3.63, 3.8) is 0 Å². The second-order valence-corrected chi connectivity index (χ2v) is 3.63. The van der Waals surface area contributed by atoms with Crippen LogP contribution in [0.1, 0.15) is 17.4 Å². The third-order valence-electron chi connectivity index (χ3n) is 2.43. The number of nitrogens with one attached hydrogen (secondary N) is 1. The van der Waals surface area contributed by atoms with Crippen LogP contribution in [0.2, 0.25) is 0 Å². The fourth-order valence-corrected chi connectivity index (χ4v) is 1.62. The lowest BCUT2D eigenvalue weighted by Gasteiger charge is -2.07. The van der Waals surface area contributed by atoms with Gasteiger partial charge >= 0.3 is 0 Å². The molecule has 3 N–H and O–H groups in total. The molecule has 0 bridgehead atoms. The summed E-state index contributed by atoms with van der Waals surface area (Å²) in [7, 11) is 0. The predicted octanol–water partition coefficient (Wildman–Crippen LogP) is 1.74. The van der Waals surface area contributed by atoms with Crippen LogP contribution in [0, 0.1) is 0 Å². The van der Waals surface area contributed by atoms with Gasteiger partial charge in [0.15, 0.2) is 0 Å². The fraction of sp³-hybridized carbons (Fsp3) is 0.167. The second-order valence-electron chi connectivity index (χ2n) is 3.63. The van der Waals surface area contributed by atoms with E-state index in [4.69, 9.17) is 5.73 Å². The van der Waals surface area contributed by atoms with Crippen LogP contribution in [-0.4, -0.2) is 15.5 Å². The first-order chi connectivity index (χ1) is 8.20. The second kappa shape index (κ2) is 4.69. The number of hydrogen-bond donors (Lipinski definition) is 2. The van der Waals surface area contributed by atoms with Crippen molar-refractivity contribution in [2.45, 2.75) is 13.5 Å². The van der Waals surface area contributed by atoms with Crippen LogP contribution in [-0.2, 0) is 6.54 Å². The topological polar surface area (TPSA) is 72.9 Å². The maximum atomic E-state index is 12.0. The van der Waals surface area contributed by atoms with Crippen molar-refractivity contribution in [3.05, 3.63) is 42.5 Å². The predicted molar refractivity (Wildman–Crippen MR) is 66.7 cm³/mol. The number of nitrogen functional groups attached to an aromatic ring is 1. The van der Waals surface area contributed by atoms with Gasteiger partial charge in [-0.2, -0.15) is 0 Å².